The standard InChI is InChI=1S/C11H11Cl2NO2/c12-5-7-1-2-8-6-14(11(15)16)4-3-9(8)10(7)13/h1-2H,3-6H2,(H,15,16). The van der Waals surface area contributed by atoms with E-state index in [1.165, 1.54) is 4.90 Å². The van der Waals surface area contributed by atoms with Crippen LogP contribution < -0.4 is 0 Å². The molecular formula is C11H11Cl2NO2. The van der Waals surface area contributed by atoms with E-state index in [4.69, 9.17) is 28.3 Å². The van der Waals surface area contributed by atoms with Crippen LogP contribution >= 0.6 is 23.2 Å². The molecule has 1 heterocycles. The summed E-state index contributed by atoms with van der Waals surface area (Å²) < 4.78 is 0. The summed E-state index contributed by atoms with van der Waals surface area (Å²) in [6.45, 7) is 0.904. The van der Waals surface area contributed by atoms with Crippen LogP contribution in [0.1, 0.15) is 16.7 Å². The maximum atomic E-state index is 10.8. The number of alkyl halides is 1. The van der Waals surface area contributed by atoms with Crippen LogP contribution in [0.3, 0.4) is 0 Å². The van der Waals surface area contributed by atoms with Gasteiger partial charge in [0.05, 0.1) is 0 Å². The Bertz CT molecular complexity index is 434. The van der Waals surface area contributed by atoms with Gasteiger partial charge in [0.1, 0.15) is 0 Å². The Hall–Kier alpha value is -0.930. The van der Waals surface area contributed by atoms with Crippen LogP contribution in [0.5, 0.6) is 0 Å². The van der Waals surface area contributed by atoms with E-state index in [1.807, 2.05) is 12.1 Å². The molecule has 1 amide bonds. The van der Waals surface area contributed by atoms with Crippen molar-refractivity contribution in [2.24, 2.45) is 0 Å². The van der Waals surface area contributed by atoms with Gasteiger partial charge in [-0.1, -0.05) is 23.7 Å². The van der Waals surface area contributed by atoms with Crippen LogP contribution in [0, 0.1) is 0 Å². The SMILES string of the molecule is O=C(O)N1CCc2c(ccc(CCl)c2Cl)C1. The zero-order valence-corrected chi connectivity index (χ0v) is 10.1. The first kappa shape index (κ1) is 11.6. The van der Waals surface area contributed by atoms with Gasteiger partial charge in [0.15, 0.2) is 0 Å². The molecule has 1 aromatic carbocycles. The molecule has 1 N–H and O–H groups in total. The van der Waals surface area contributed by atoms with Gasteiger partial charge in [0.2, 0.25) is 0 Å². The van der Waals surface area contributed by atoms with E-state index in [9.17, 15) is 4.79 Å². The smallest absolute Gasteiger partial charge is 0.407 e. The van der Waals surface area contributed by atoms with E-state index < -0.39 is 6.09 Å². The Kier molecular flexibility index (Phi) is 3.26. The fraction of sp³-hybridized carbons (Fsp3) is 0.364. The molecule has 5 heteroatoms. The van der Waals surface area contributed by atoms with E-state index in [0.29, 0.717) is 30.4 Å². The highest BCUT2D eigenvalue weighted by Crippen LogP contribution is 2.30. The molecule has 1 aromatic rings. The zero-order valence-electron chi connectivity index (χ0n) is 8.54. The number of rotatable bonds is 1. The molecule has 1 aliphatic rings. The van der Waals surface area contributed by atoms with E-state index in [0.717, 1.165) is 16.7 Å². The van der Waals surface area contributed by atoms with Gasteiger partial charge in [0.25, 0.3) is 0 Å². The molecular weight excluding hydrogens is 249 g/mol. The van der Waals surface area contributed by atoms with Gasteiger partial charge in [-0.3, -0.25) is 0 Å². The van der Waals surface area contributed by atoms with Crippen molar-refractivity contribution >= 4 is 29.3 Å². The molecule has 16 heavy (non-hydrogen) atoms. The van der Waals surface area contributed by atoms with E-state index in [2.05, 4.69) is 0 Å². The summed E-state index contributed by atoms with van der Waals surface area (Å²) in [5.74, 6) is 0.384. The average molecular weight is 260 g/mol. The Morgan fingerprint density at radius 3 is 2.88 bits per heavy atom. The molecule has 1 aliphatic heterocycles. The van der Waals surface area contributed by atoms with Crippen molar-refractivity contribution in [3.05, 3.63) is 33.8 Å². The third kappa shape index (κ3) is 1.97. The second-order valence-corrected chi connectivity index (χ2v) is 4.41. The fourth-order valence-corrected chi connectivity index (χ4v) is 2.56. The van der Waals surface area contributed by atoms with Gasteiger partial charge in [-0.15, -0.1) is 11.6 Å². The number of halogens is 2. The lowest BCUT2D eigenvalue weighted by molar-refractivity contribution is 0.140. The minimum absolute atomic E-state index is 0.384. The highest BCUT2D eigenvalue weighted by atomic mass is 35.5. The first-order valence-corrected chi connectivity index (χ1v) is 5.87. The van der Waals surface area contributed by atoms with Crippen molar-refractivity contribution < 1.29 is 9.90 Å². The van der Waals surface area contributed by atoms with Crippen LogP contribution in [0.2, 0.25) is 5.02 Å². The molecule has 86 valence electrons. The third-order valence-electron chi connectivity index (χ3n) is 2.83. The lowest BCUT2D eigenvalue weighted by atomic mass is 9.98. The number of benzene rings is 1. The molecule has 0 bridgehead atoms. The van der Waals surface area contributed by atoms with Crippen LogP contribution in [0.15, 0.2) is 12.1 Å². The average Bonchev–Trinajstić information content (AvgIpc) is 2.29. The third-order valence-corrected chi connectivity index (χ3v) is 3.59. The predicted molar refractivity (Wildman–Crippen MR) is 63.1 cm³/mol. The molecule has 0 saturated carbocycles. The molecule has 2 rings (SSSR count). The topological polar surface area (TPSA) is 40.5 Å². The van der Waals surface area contributed by atoms with Gasteiger partial charge in [-0.2, -0.15) is 0 Å². The van der Waals surface area contributed by atoms with Crippen LogP contribution in [0.4, 0.5) is 4.79 Å². The summed E-state index contributed by atoms with van der Waals surface area (Å²) >= 11 is 12.0. The lowest BCUT2D eigenvalue weighted by Gasteiger charge is -2.27. The second kappa shape index (κ2) is 4.52. The number of carboxylic acid groups (broad SMARTS) is 1. The highest BCUT2D eigenvalue weighted by Gasteiger charge is 2.22. The molecule has 3 nitrogen and oxygen atoms in total. The first-order chi connectivity index (χ1) is 7.63. The predicted octanol–water partition coefficient (Wildman–Crippen LogP) is 3.11. The zero-order chi connectivity index (χ0) is 11.7. The number of carbonyl (C=O) groups is 1. The number of hydrogen-bond acceptors (Lipinski definition) is 1. The first-order valence-electron chi connectivity index (χ1n) is 4.96. The van der Waals surface area contributed by atoms with Crippen molar-refractivity contribution in [2.75, 3.05) is 6.54 Å². The molecule has 0 aromatic heterocycles. The van der Waals surface area contributed by atoms with Gasteiger partial charge in [-0.25, -0.2) is 4.79 Å². The normalized spacial score (nSPS) is 14.8. The molecule has 0 aliphatic carbocycles. The maximum Gasteiger partial charge on any atom is 0.407 e. The molecule has 0 radical (unpaired) electrons. The van der Waals surface area contributed by atoms with Gasteiger partial charge in [0, 0.05) is 24.0 Å². The monoisotopic (exact) mass is 259 g/mol. The summed E-state index contributed by atoms with van der Waals surface area (Å²) in [5.41, 5.74) is 2.93. The van der Waals surface area contributed by atoms with Crippen LogP contribution in [-0.2, 0) is 18.8 Å². The number of fused-ring (bicyclic) bond motifs is 1. The van der Waals surface area contributed by atoms with Crippen molar-refractivity contribution in [3.8, 4) is 0 Å². The maximum absolute atomic E-state index is 10.8. The molecule has 0 unspecified atom stereocenters. The van der Waals surface area contributed by atoms with Gasteiger partial charge < -0.3 is 10.0 Å². The summed E-state index contributed by atoms with van der Waals surface area (Å²) in [4.78, 5) is 12.2. The quantitative estimate of drug-likeness (QED) is 0.788. The molecule has 0 fully saturated rings. The van der Waals surface area contributed by atoms with Crippen molar-refractivity contribution in [2.45, 2.75) is 18.8 Å². The van der Waals surface area contributed by atoms with Crippen molar-refractivity contribution in [1.29, 1.82) is 0 Å². The second-order valence-electron chi connectivity index (χ2n) is 3.76. The summed E-state index contributed by atoms with van der Waals surface area (Å²) in [5, 5.41) is 9.60. The number of amides is 1. The van der Waals surface area contributed by atoms with E-state index in [1.54, 1.807) is 0 Å². The Labute approximate surface area is 104 Å². The Balaban J connectivity index is 2.35. The number of hydrogen-bond donors (Lipinski definition) is 1. The van der Waals surface area contributed by atoms with Crippen LogP contribution in [-0.4, -0.2) is 22.6 Å². The lowest BCUT2D eigenvalue weighted by Crippen LogP contribution is -2.34. The molecule has 0 saturated heterocycles. The van der Waals surface area contributed by atoms with Gasteiger partial charge >= 0.3 is 6.09 Å². The van der Waals surface area contributed by atoms with Crippen LogP contribution in [0.25, 0.3) is 0 Å². The van der Waals surface area contributed by atoms with Gasteiger partial charge in [-0.05, 0) is 23.1 Å². The van der Waals surface area contributed by atoms with Crippen molar-refractivity contribution in [3.63, 3.8) is 0 Å². The van der Waals surface area contributed by atoms with E-state index in [-0.39, 0.29) is 0 Å². The summed E-state index contributed by atoms with van der Waals surface area (Å²) in [6.07, 6.45) is -0.228. The van der Waals surface area contributed by atoms with Crippen molar-refractivity contribution in [1.82, 2.24) is 4.90 Å². The fourth-order valence-electron chi connectivity index (χ4n) is 1.93. The minimum Gasteiger partial charge on any atom is -0.465 e. The molecule has 0 spiro atoms. The Morgan fingerprint density at radius 1 is 1.50 bits per heavy atom. The highest BCUT2D eigenvalue weighted by molar-refractivity contribution is 6.33. The Morgan fingerprint density at radius 2 is 2.25 bits per heavy atom. The number of nitrogens with zero attached hydrogens (tertiary/aromatic N) is 1. The largest absolute Gasteiger partial charge is 0.465 e. The van der Waals surface area contributed by atoms with E-state index >= 15 is 0 Å². The summed E-state index contributed by atoms with van der Waals surface area (Å²) in [7, 11) is 0. The molecule has 0 atom stereocenters. The minimum atomic E-state index is -0.886. The summed E-state index contributed by atoms with van der Waals surface area (Å²) in [6, 6.07) is 3.77.